The second-order valence-electron chi connectivity index (χ2n) is 5.53. The zero-order valence-electron chi connectivity index (χ0n) is 11.8. The van der Waals surface area contributed by atoms with E-state index in [-0.39, 0.29) is 11.8 Å². The van der Waals surface area contributed by atoms with Crippen molar-refractivity contribution >= 4 is 22.5 Å². The Balaban J connectivity index is 1.86. The number of fused-ring (bicyclic) bond motifs is 1. The molecule has 0 radical (unpaired) electrons. The zero-order valence-corrected chi connectivity index (χ0v) is 11.8. The first-order valence-electron chi connectivity index (χ1n) is 7.03. The van der Waals surface area contributed by atoms with E-state index in [1.807, 2.05) is 44.2 Å². The fourth-order valence-corrected chi connectivity index (χ4v) is 2.47. The number of pyridine rings is 1. The molecule has 1 aliphatic heterocycles. The molecule has 4 nitrogen and oxygen atoms in total. The summed E-state index contributed by atoms with van der Waals surface area (Å²) in [6.45, 7) is 5.81. The van der Waals surface area contributed by atoms with Crippen molar-refractivity contribution in [3.63, 3.8) is 0 Å². The fraction of sp³-hybridized carbons (Fsp3) is 0.375. The highest BCUT2D eigenvalue weighted by Crippen LogP contribution is 2.24. The van der Waals surface area contributed by atoms with Crippen LogP contribution in [0.1, 0.15) is 12.6 Å². The van der Waals surface area contributed by atoms with Gasteiger partial charge in [0, 0.05) is 17.0 Å². The number of carbonyl (C=O) groups is 1. The van der Waals surface area contributed by atoms with Gasteiger partial charge in [-0.05, 0) is 38.1 Å². The lowest BCUT2D eigenvalue weighted by Crippen LogP contribution is -2.48. The molecule has 1 saturated heterocycles. The van der Waals surface area contributed by atoms with E-state index in [0.717, 1.165) is 35.4 Å². The third kappa shape index (κ3) is 2.39. The number of hydrogen-bond donors (Lipinski definition) is 2. The van der Waals surface area contributed by atoms with Crippen LogP contribution >= 0.6 is 0 Å². The number of nitrogens with one attached hydrogen (secondary N) is 2. The van der Waals surface area contributed by atoms with E-state index in [1.165, 1.54) is 0 Å². The van der Waals surface area contributed by atoms with Gasteiger partial charge in [0.05, 0.1) is 11.2 Å². The molecule has 0 bridgehead atoms. The van der Waals surface area contributed by atoms with Gasteiger partial charge in [0.1, 0.15) is 0 Å². The van der Waals surface area contributed by atoms with E-state index in [4.69, 9.17) is 0 Å². The van der Waals surface area contributed by atoms with E-state index in [9.17, 15) is 4.79 Å². The Morgan fingerprint density at radius 3 is 2.85 bits per heavy atom. The Labute approximate surface area is 118 Å². The van der Waals surface area contributed by atoms with Gasteiger partial charge in [0.25, 0.3) is 0 Å². The van der Waals surface area contributed by atoms with Crippen LogP contribution in [0.5, 0.6) is 0 Å². The van der Waals surface area contributed by atoms with Gasteiger partial charge in [-0.2, -0.15) is 0 Å². The Morgan fingerprint density at radius 2 is 2.15 bits per heavy atom. The maximum absolute atomic E-state index is 12.3. The van der Waals surface area contributed by atoms with Crippen molar-refractivity contribution in [2.24, 2.45) is 11.8 Å². The van der Waals surface area contributed by atoms with E-state index >= 15 is 0 Å². The first-order chi connectivity index (χ1) is 9.65. The monoisotopic (exact) mass is 269 g/mol. The van der Waals surface area contributed by atoms with Crippen molar-refractivity contribution in [3.8, 4) is 0 Å². The molecule has 1 aromatic carbocycles. The van der Waals surface area contributed by atoms with Crippen LogP contribution in [0.2, 0.25) is 0 Å². The normalized spacial score (nSPS) is 16.7. The smallest absolute Gasteiger partial charge is 0.227 e. The second kappa shape index (κ2) is 5.21. The van der Waals surface area contributed by atoms with Gasteiger partial charge in [-0.3, -0.25) is 9.78 Å². The van der Waals surface area contributed by atoms with Crippen molar-refractivity contribution in [1.82, 2.24) is 10.3 Å². The summed E-state index contributed by atoms with van der Waals surface area (Å²) in [5.41, 5.74) is 2.62. The van der Waals surface area contributed by atoms with Crippen LogP contribution in [-0.2, 0) is 4.79 Å². The average Bonchev–Trinajstić information content (AvgIpc) is 2.37. The Hall–Kier alpha value is -1.94. The summed E-state index contributed by atoms with van der Waals surface area (Å²) in [6.07, 6.45) is 0. The highest BCUT2D eigenvalue weighted by Gasteiger charge is 2.28. The number of nitrogens with zero attached hydrogens (tertiary/aromatic N) is 1. The summed E-state index contributed by atoms with van der Waals surface area (Å²) < 4.78 is 0. The van der Waals surface area contributed by atoms with E-state index in [2.05, 4.69) is 15.6 Å². The Kier molecular flexibility index (Phi) is 3.40. The molecule has 0 spiro atoms. The van der Waals surface area contributed by atoms with Gasteiger partial charge < -0.3 is 10.6 Å². The number of para-hydroxylation sites is 1. The Morgan fingerprint density at radius 1 is 1.35 bits per heavy atom. The molecule has 1 unspecified atom stereocenters. The number of amides is 1. The Bertz CT molecular complexity index is 649. The molecule has 0 saturated carbocycles. The second-order valence-corrected chi connectivity index (χ2v) is 5.53. The standard InChI is InChI=1S/C16H19N3O/c1-10-6-7-12-4-3-5-14(15(12)18-10)19-16(20)11(2)13-8-17-9-13/h3-7,11,13,17H,8-9H2,1-2H3,(H,19,20). The highest BCUT2D eigenvalue weighted by molar-refractivity contribution is 6.01. The molecule has 4 heteroatoms. The van der Waals surface area contributed by atoms with Gasteiger partial charge in [0.2, 0.25) is 5.91 Å². The predicted octanol–water partition coefficient (Wildman–Crippen LogP) is 2.34. The molecule has 0 aliphatic carbocycles. The van der Waals surface area contributed by atoms with Crippen LogP contribution in [-0.4, -0.2) is 24.0 Å². The minimum Gasteiger partial charge on any atom is -0.324 e. The van der Waals surface area contributed by atoms with Crippen molar-refractivity contribution in [3.05, 3.63) is 36.0 Å². The van der Waals surface area contributed by atoms with Crippen LogP contribution in [0.4, 0.5) is 5.69 Å². The molecule has 2 N–H and O–H groups in total. The maximum atomic E-state index is 12.3. The van der Waals surface area contributed by atoms with Gasteiger partial charge >= 0.3 is 0 Å². The molecule has 1 atom stereocenters. The van der Waals surface area contributed by atoms with Crippen molar-refractivity contribution in [2.45, 2.75) is 13.8 Å². The van der Waals surface area contributed by atoms with E-state index < -0.39 is 0 Å². The molecule has 1 fully saturated rings. The summed E-state index contributed by atoms with van der Waals surface area (Å²) in [5.74, 6) is 0.545. The molecule has 1 amide bonds. The minimum atomic E-state index is 0.0244. The lowest BCUT2D eigenvalue weighted by molar-refractivity contribution is -0.121. The van der Waals surface area contributed by atoms with Crippen LogP contribution in [0.25, 0.3) is 10.9 Å². The summed E-state index contributed by atoms with van der Waals surface area (Å²) in [7, 11) is 0. The van der Waals surface area contributed by atoms with E-state index in [0.29, 0.717) is 5.92 Å². The number of benzene rings is 1. The van der Waals surface area contributed by atoms with Crippen LogP contribution in [0.15, 0.2) is 30.3 Å². The number of carbonyl (C=O) groups excluding carboxylic acids is 1. The van der Waals surface area contributed by atoms with Crippen molar-refractivity contribution < 1.29 is 4.79 Å². The van der Waals surface area contributed by atoms with Gasteiger partial charge in [-0.1, -0.05) is 25.1 Å². The number of aromatic nitrogens is 1. The molecular formula is C16H19N3O. The molecule has 104 valence electrons. The average molecular weight is 269 g/mol. The summed E-state index contributed by atoms with van der Waals surface area (Å²) in [5, 5.41) is 7.28. The van der Waals surface area contributed by atoms with Crippen LogP contribution in [0, 0.1) is 18.8 Å². The van der Waals surface area contributed by atoms with Crippen LogP contribution in [0.3, 0.4) is 0 Å². The highest BCUT2D eigenvalue weighted by atomic mass is 16.1. The summed E-state index contributed by atoms with van der Waals surface area (Å²) in [4.78, 5) is 16.8. The molecular weight excluding hydrogens is 250 g/mol. The largest absolute Gasteiger partial charge is 0.324 e. The lowest BCUT2D eigenvalue weighted by atomic mass is 9.88. The number of aryl methyl sites for hydroxylation is 1. The van der Waals surface area contributed by atoms with Crippen molar-refractivity contribution in [1.29, 1.82) is 0 Å². The molecule has 1 aliphatic rings. The van der Waals surface area contributed by atoms with Gasteiger partial charge in [-0.15, -0.1) is 0 Å². The SMILES string of the molecule is Cc1ccc2cccc(NC(=O)C(C)C3CNC3)c2n1. The molecule has 20 heavy (non-hydrogen) atoms. The maximum Gasteiger partial charge on any atom is 0.227 e. The number of hydrogen-bond acceptors (Lipinski definition) is 3. The number of anilines is 1. The first kappa shape index (κ1) is 13.1. The first-order valence-corrected chi connectivity index (χ1v) is 7.03. The lowest BCUT2D eigenvalue weighted by Gasteiger charge is -2.31. The van der Waals surface area contributed by atoms with Gasteiger partial charge in [0.15, 0.2) is 0 Å². The predicted molar refractivity (Wildman–Crippen MR) is 80.6 cm³/mol. The summed E-state index contributed by atoms with van der Waals surface area (Å²) >= 11 is 0. The quantitative estimate of drug-likeness (QED) is 0.899. The third-order valence-electron chi connectivity index (χ3n) is 4.05. The summed E-state index contributed by atoms with van der Waals surface area (Å²) in [6, 6.07) is 9.89. The van der Waals surface area contributed by atoms with Gasteiger partial charge in [-0.25, -0.2) is 0 Å². The third-order valence-corrected chi connectivity index (χ3v) is 4.05. The van der Waals surface area contributed by atoms with E-state index in [1.54, 1.807) is 0 Å². The van der Waals surface area contributed by atoms with Crippen molar-refractivity contribution in [2.75, 3.05) is 18.4 Å². The molecule has 2 heterocycles. The molecule has 2 aromatic rings. The number of rotatable bonds is 3. The molecule has 1 aromatic heterocycles. The fourth-order valence-electron chi connectivity index (χ4n) is 2.47. The zero-order chi connectivity index (χ0) is 14.1. The minimum absolute atomic E-state index is 0.0244. The topological polar surface area (TPSA) is 54.0 Å². The van der Waals surface area contributed by atoms with Crippen LogP contribution < -0.4 is 10.6 Å². The molecule has 3 rings (SSSR count).